The van der Waals surface area contributed by atoms with E-state index in [0.29, 0.717) is 11.4 Å². The molecule has 2 aromatic carbocycles. The van der Waals surface area contributed by atoms with E-state index >= 15 is 0 Å². The molecule has 0 spiro atoms. The van der Waals surface area contributed by atoms with Gasteiger partial charge in [0, 0.05) is 11.5 Å². The van der Waals surface area contributed by atoms with Gasteiger partial charge >= 0.3 is 0 Å². The Morgan fingerprint density at radius 3 is 2.42 bits per heavy atom. The summed E-state index contributed by atoms with van der Waals surface area (Å²) in [4.78, 5) is 25.8. The molecule has 0 heterocycles. The third-order valence-electron chi connectivity index (χ3n) is 3.31. The molecule has 24 heavy (non-hydrogen) atoms. The van der Waals surface area contributed by atoms with E-state index < -0.39 is 6.10 Å². The predicted molar refractivity (Wildman–Crippen MR) is 96.9 cm³/mol. The molecule has 0 aliphatic carbocycles. The lowest BCUT2D eigenvalue weighted by Gasteiger charge is -2.21. The molecule has 0 saturated carbocycles. The first-order valence-corrected chi connectivity index (χ1v) is 8.27. The standard InChI is InChI=1S/C18H19BrN2O3/c1-13(24-14-8-4-3-5-9-14)18(23)21(2)12-17(22)20-16-11-7-6-10-15(16)19/h3-11,13H,12H2,1-2H3,(H,20,22). The minimum atomic E-state index is -0.673. The summed E-state index contributed by atoms with van der Waals surface area (Å²) in [5.74, 6) is 0.0789. The number of rotatable bonds is 6. The quantitative estimate of drug-likeness (QED) is 0.822. The Bertz CT molecular complexity index is 706. The minimum Gasteiger partial charge on any atom is -0.481 e. The van der Waals surface area contributed by atoms with E-state index in [4.69, 9.17) is 4.74 Å². The SMILES string of the molecule is CC(Oc1ccccc1)C(=O)N(C)CC(=O)Nc1ccccc1Br. The Balaban J connectivity index is 1.88. The highest BCUT2D eigenvalue weighted by molar-refractivity contribution is 9.10. The van der Waals surface area contributed by atoms with Crippen LogP contribution in [-0.2, 0) is 9.59 Å². The number of halogens is 1. The molecule has 5 nitrogen and oxygen atoms in total. The molecule has 126 valence electrons. The fraction of sp³-hybridized carbons (Fsp3) is 0.222. The van der Waals surface area contributed by atoms with Crippen molar-refractivity contribution in [2.45, 2.75) is 13.0 Å². The van der Waals surface area contributed by atoms with Crippen LogP contribution in [0.4, 0.5) is 5.69 Å². The first-order valence-electron chi connectivity index (χ1n) is 7.48. The Morgan fingerprint density at radius 2 is 1.75 bits per heavy atom. The second kappa shape index (κ2) is 8.49. The molecule has 0 aliphatic heterocycles. The summed E-state index contributed by atoms with van der Waals surface area (Å²) in [6.45, 7) is 1.61. The van der Waals surface area contributed by atoms with Gasteiger partial charge in [-0.1, -0.05) is 30.3 Å². The molecule has 2 amide bonds. The number of likely N-dealkylation sites (N-methyl/N-ethyl adjacent to an activating group) is 1. The van der Waals surface area contributed by atoms with Gasteiger partial charge < -0.3 is 15.0 Å². The molecule has 6 heteroatoms. The van der Waals surface area contributed by atoms with E-state index in [1.54, 1.807) is 32.2 Å². The third-order valence-corrected chi connectivity index (χ3v) is 4.00. The molecular weight excluding hydrogens is 372 g/mol. The number of nitrogens with zero attached hydrogens (tertiary/aromatic N) is 1. The number of para-hydroxylation sites is 2. The summed E-state index contributed by atoms with van der Waals surface area (Å²) in [6.07, 6.45) is -0.673. The van der Waals surface area contributed by atoms with Gasteiger partial charge in [0.05, 0.1) is 12.2 Å². The number of carbonyl (C=O) groups excluding carboxylic acids is 2. The molecular formula is C18H19BrN2O3. The van der Waals surface area contributed by atoms with Gasteiger partial charge in [-0.05, 0) is 47.1 Å². The monoisotopic (exact) mass is 390 g/mol. The second-order valence-electron chi connectivity index (χ2n) is 5.30. The van der Waals surface area contributed by atoms with Crippen LogP contribution in [0.3, 0.4) is 0 Å². The summed E-state index contributed by atoms with van der Waals surface area (Å²) < 4.78 is 6.37. The number of ether oxygens (including phenoxy) is 1. The van der Waals surface area contributed by atoms with Gasteiger partial charge in [0.2, 0.25) is 5.91 Å². The molecule has 0 aliphatic rings. The van der Waals surface area contributed by atoms with Crippen LogP contribution in [0.15, 0.2) is 59.1 Å². The van der Waals surface area contributed by atoms with E-state index in [2.05, 4.69) is 21.2 Å². The fourth-order valence-corrected chi connectivity index (χ4v) is 2.49. The maximum Gasteiger partial charge on any atom is 0.263 e. The summed E-state index contributed by atoms with van der Waals surface area (Å²) in [7, 11) is 1.58. The van der Waals surface area contributed by atoms with Crippen LogP contribution in [0.2, 0.25) is 0 Å². The van der Waals surface area contributed by atoms with Crippen molar-refractivity contribution in [3.05, 3.63) is 59.1 Å². The van der Waals surface area contributed by atoms with Crippen molar-refractivity contribution in [2.24, 2.45) is 0 Å². The summed E-state index contributed by atoms with van der Waals surface area (Å²) in [5, 5.41) is 2.76. The molecule has 0 radical (unpaired) electrons. The number of amides is 2. The van der Waals surface area contributed by atoms with E-state index in [1.165, 1.54) is 4.90 Å². The van der Waals surface area contributed by atoms with Crippen molar-refractivity contribution in [2.75, 3.05) is 18.9 Å². The number of nitrogens with one attached hydrogen (secondary N) is 1. The first kappa shape index (κ1) is 18.0. The highest BCUT2D eigenvalue weighted by Gasteiger charge is 2.21. The molecule has 0 aromatic heterocycles. The highest BCUT2D eigenvalue weighted by atomic mass is 79.9. The predicted octanol–water partition coefficient (Wildman–Crippen LogP) is 3.31. The Hall–Kier alpha value is -2.34. The van der Waals surface area contributed by atoms with Gasteiger partial charge in [-0.25, -0.2) is 0 Å². The highest BCUT2D eigenvalue weighted by Crippen LogP contribution is 2.21. The van der Waals surface area contributed by atoms with Gasteiger partial charge in [-0.3, -0.25) is 9.59 Å². The molecule has 1 N–H and O–H groups in total. The normalized spacial score (nSPS) is 11.5. The van der Waals surface area contributed by atoms with E-state index in [-0.39, 0.29) is 18.4 Å². The van der Waals surface area contributed by atoms with Crippen LogP contribution in [0.25, 0.3) is 0 Å². The topological polar surface area (TPSA) is 58.6 Å². The molecule has 0 bridgehead atoms. The Kier molecular flexibility index (Phi) is 6.37. The van der Waals surface area contributed by atoms with Crippen LogP contribution >= 0.6 is 15.9 Å². The van der Waals surface area contributed by atoms with Crippen molar-refractivity contribution < 1.29 is 14.3 Å². The fourth-order valence-electron chi connectivity index (χ4n) is 2.11. The third kappa shape index (κ3) is 5.09. The van der Waals surface area contributed by atoms with Crippen LogP contribution in [-0.4, -0.2) is 36.4 Å². The molecule has 1 unspecified atom stereocenters. The van der Waals surface area contributed by atoms with Crippen LogP contribution in [0.5, 0.6) is 5.75 Å². The van der Waals surface area contributed by atoms with Crippen molar-refractivity contribution >= 4 is 33.4 Å². The van der Waals surface area contributed by atoms with Gasteiger partial charge in [0.25, 0.3) is 5.91 Å². The van der Waals surface area contributed by atoms with Crippen molar-refractivity contribution in [1.82, 2.24) is 4.90 Å². The van der Waals surface area contributed by atoms with Gasteiger partial charge in [-0.2, -0.15) is 0 Å². The largest absolute Gasteiger partial charge is 0.481 e. The Morgan fingerprint density at radius 1 is 1.12 bits per heavy atom. The van der Waals surface area contributed by atoms with E-state index in [9.17, 15) is 9.59 Å². The number of anilines is 1. The average molecular weight is 391 g/mol. The maximum atomic E-state index is 12.3. The van der Waals surface area contributed by atoms with Gasteiger partial charge in [-0.15, -0.1) is 0 Å². The number of hydrogen-bond donors (Lipinski definition) is 1. The zero-order valence-corrected chi connectivity index (χ0v) is 15.1. The second-order valence-corrected chi connectivity index (χ2v) is 6.15. The first-order chi connectivity index (χ1) is 11.5. The molecule has 2 rings (SSSR count). The number of benzene rings is 2. The van der Waals surface area contributed by atoms with Crippen molar-refractivity contribution in [3.63, 3.8) is 0 Å². The lowest BCUT2D eigenvalue weighted by molar-refractivity contribution is -0.139. The Labute approximate surface area is 149 Å². The average Bonchev–Trinajstić information content (AvgIpc) is 2.57. The lowest BCUT2D eigenvalue weighted by Crippen LogP contribution is -2.42. The lowest BCUT2D eigenvalue weighted by atomic mass is 10.3. The molecule has 0 fully saturated rings. The molecule has 1 atom stereocenters. The zero-order valence-electron chi connectivity index (χ0n) is 13.5. The number of carbonyl (C=O) groups is 2. The molecule has 2 aromatic rings. The van der Waals surface area contributed by atoms with Gasteiger partial charge in [0.15, 0.2) is 6.10 Å². The van der Waals surface area contributed by atoms with E-state index in [0.717, 1.165) is 4.47 Å². The smallest absolute Gasteiger partial charge is 0.263 e. The van der Waals surface area contributed by atoms with Crippen LogP contribution < -0.4 is 10.1 Å². The van der Waals surface area contributed by atoms with E-state index in [1.807, 2.05) is 36.4 Å². The summed E-state index contributed by atoms with van der Waals surface area (Å²) >= 11 is 3.36. The molecule has 0 saturated heterocycles. The zero-order chi connectivity index (χ0) is 17.5. The number of hydrogen-bond acceptors (Lipinski definition) is 3. The van der Waals surface area contributed by atoms with Crippen LogP contribution in [0, 0.1) is 0 Å². The van der Waals surface area contributed by atoms with Crippen molar-refractivity contribution in [1.29, 1.82) is 0 Å². The summed E-state index contributed by atoms with van der Waals surface area (Å²) in [6, 6.07) is 16.4. The maximum absolute atomic E-state index is 12.3. The minimum absolute atomic E-state index is 0.0529. The van der Waals surface area contributed by atoms with Crippen LogP contribution in [0.1, 0.15) is 6.92 Å². The van der Waals surface area contributed by atoms with Crippen molar-refractivity contribution in [3.8, 4) is 5.75 Å². The van der Waals surface area contributed by atoms with Gasteiger partial charge in [0.1, 0.15) is 5.75 Å². The summed E-state index contributed by atoms with van der Waals surface area (Å²) in [5.41, 5.74) is 0.664.